The van der Waals surface area contributed by atoms with Gasteiger partial charge in [-0.2, -0.15) is 0 Å². The van der Waals surface area contributed by atoms with Gasteiger partial charge in [-0.25, -0.2) is 0 Å². The van der Waals surface area contributed by atoms with Gasteiger partial charge in [0.05, 0.1) is 18.7 Å². The Morgan fingerprint density at radius 1 is 1.00 bits per heavy atom. The van der Waals surface area contributed by atoms with E-state index in [1.54, 1.807) is 0 Å². The molecule has 2 amide bonds. The molecule has 0 saturated heterocycles. The molecule has 0 radical (unpaired) electrons. The van der Waals surface area contributed by atoms with Crippen LogP contribution in [0.25, 0.3) is 0 Å². The normalized spacial score (nSPS) is 22.7. The minimum absolute atomic E-state index is 0.00209. The Balaban J connectivity index is 1.33. The fraction of sp³-hybridized carbons (Fsp3) is 0.394. The van der Waals surface area contributed by atoms with Crippen molar-refractivity contribution in [3.63, 3.8) is 0 Å². The summed E-state index contributed by atoms with van der Waals surface area (Å²) in [5.41, 5.74) is 5.54. The molecule has 1 fully saturated rings. The van der Waals surface area contributed by atoms with Crippen LogP contribution < -0.4 is 19.7 Å². The molecule has 2 N–H and O–H groups in total. The second-order valence-corrected chi connectivity index (χ2v) is 12.7. The highest BCUT2D eigenvalue weighted by atomic mass is 35.5. The summed E-state index contributed by atoms with van der Waals surface area (Å²) in [5.74, 6) is 1.33. The number of aryl methyl sites for hydroxylation is 1. The van der Waals surface area contributed by atoms with Crippen LogP contribution in [0.1, 0.15) is 54.4 Å². The SMILES string of the molecule is CCCc1cc(Cl)ccc1C1COc2ccc3cc2N(C1)CC1CCC1C(=O)NCc1ccc(cc1)CC(=O)NS3. The fourth-order valence-corrected chi connectivity index (χ4v) is 7.01. The van der Waals surface area contributed by atoms with Crippen molar-refractivity contribution >= 4 is 41.1 Å². The first-order valence-corrected chi connectivity index (χ1v) is 15.8. The topological polar surface area (TPSA) is 70.7 Å². The van der Waals surface area contributed by atoms with Gasteiger partial charge in [0.25, 0.3) is 0 Å². The average molecular weight is 590 g/mol. The molecule has 214 valence electrons. The molecule has 0 aromatic heterocycles. The molecule has 41 heavy (non-hydrogen) atoms. The Kier molecular flexibility index (Phi) is 8.45. The van der Waals surface area contributed by atoms with Crippen molar-refractivity contribution in [1.82, 2.24) is 10.0 Å². The van der Waals surface area contributed by atoms with E-state index in [9.17, 15) is 9.59 Å². The second kappa shape index (κ2) is 12.4. The molecule has 3 aliphatic heterocycles. The summed E-state index contributed by atoms with van der Waals surface area (Å²) in [4.78, 5) is 29.3. The molecular weight excluding hydrogens is 554 g/mol. The fourth-order valence-electron chi connectivity index (χ4n) is 6.21. The van der Waals surface area contributed by atoms with E-state index < -0.39 is 0 Å². The zero-order chi connectivity index (χ0) is 28.3. The van der Waals surface area contributed by atoms with Gasteiger partial charge >= 0.3 is 0 Å². The Morgan fingerprint density at radius 2 is 1.83 bits per heavy atom. The number of rotatable bonds is 3. The number of fused-ring (bicyclic) bond motifs is 7. The van der Waals surface area contributed by atoms with Crippen molar-refractivity contribution in [2.24, 2.45) is 11.8 Å². The standard InChI is InChI=1S/C33H36ClN3O3S/c1-2-3-23-15-26(34)9-12-28(23)25-19-37-18-24-8-11-29(24)33(39)35-17-22-6-4-21(5-7-22)14-32(38)36-41-27-10-13-31(40-20-25)30(37)16-27/h4-7,9-10,12-13,15-16,24-25,29H,2-3,8,11,14,17-20H2,1H3,(H,35,39)(H,36,38). The molecule has 3 aromatic carbocycles. The summed E-state index contributed by atoms with van der Waals surface area (Å²) in [5, 5.41) is 3.92. The van der Waals surface area contributed by atoms with Crippen molar-refractivity contribution < 1.29 is 14.3 Å². The molecule has 1 aliphatic carbocycles. The third-order valence-electron chi connectivity index (χ3n) is 8.56. The van der Waals surface area contributed by atoms with Gasteiger partial charge in [0.1, 0.15) is 5.75 Å². The van der Waals surface area contributed by atoms with Crippen LogP contribution >= 0.6 is 23.5 Å². The zero-order valence-corrected chi connectivity index (χ0v) is 24.9. The lowest BCUT2D eigenvalue weighted by Gasteiger charge is -2.40. The molecule has 3 aromatic rings. The zero-order valence-electron chi connectivity index (χ0n) is 23.3. The van der Waals surface area contributed by atoms with E-state index in [1.807, 2.05) is 42.5 Å². The molecule has 0 spiro atoms. The van der Waals surface area contributed by atoms with Gasteiger partial charge in [-0.05, 0) is 89.7 Å². The molecule has 3 unspecified atom stereocenters. The first kappa shape index (κ1) is 28.0. The quantitative estimate of drug-likeness (QED) is 0.351. The summed E-state index contributed by atoms with van der Waals surface area (Å²) in [6, 6.07) is 20.2. The van der Waals surface area contributed by atoms with E-state index >= 15 is 0 Å². The first-order chi connectivity index (χ1) is 20.0. The predicted octanol–water partition coefficient (Wildman–Crippen LogP) is 6.30. The number of amides is 2. The van der Waals surface area contributed by atoms with Crippen molar-refractivity contribution in [2.45, 2.75) is 56.4 Å². The van der Waals surface area contributed by atoms with E-state index in [1.165, 1.54) is 23.1 Å². The minimum atomic E-state index is -0.0521. The number of nitrogens with one attached hydrogen (secondary N) is 2. The second-order valence-electron chi connectivity index (χ2n) is 11.4. The third kappa shape index (κ3) is 6.36. The molecule has 8 heteroatoms. The number of ether oxygens (including phenoxy) is 1. The maximum Gasteiger partial charge on any atom is 0.234 e. The lowest BCUT2D eigenvalue weighted by molar-refractivity contribution is -0.130. The largest absolute Gasteiger partial charge is 0.491 e. The van der Waals surface area contributed by atoms with E-state index in [-0.39, 0.29) is 29.6 Å². The smallest absolute Gasteiger partial charge is 0.234 e. The van der Waals surface area contributed by atoms with Gasteiger partial charge < -0.3 is 15.0 Å². The Morgan fingerprint density at radius 3 is 2.61 bits per heavy atom. The van der Waals surface area contributed by atoms with Crippen molar-refractivity contribution in [3.05, 3.63) is 87.9 Å². The minimum Gasteiger partial charge on any atom is -0.491 e. The van der Waals surface area contributed by atoms with Crippen molar-refractivity contribution in [1.29, 1.82) is 0 Å². The summed E-state index contributed by atoms with van der Waals surface area (Å²) in [6.07, 6.45) is 4.24. The molecule has 6 nitrogen and oxygen atoms in total. The van der Waals surface area contributed by atoms with Crippen molar-refractivity contribution in [3.8, 4) is 5.75 Å². The Bertz CT molecular complexity index is 1430. The molecular formula is C33H36ClN3O3S. The Labute approximate surface area is 251 Å². The van der Waals surface area contributed by atoms with Crippen LogP contribution in [0.15, 0.2) is 65.6 Å². The van der Waals surface area contributed by atoms with Gasteiger partial charge in [0.2, 0.25) is 11.8 Å². The van der Waals surface area contributed by atoms with E-state index in [0.29, 0.717) is 19.6 Å². The number of anilines is 1. The van der Waals surface area contributed by atoms with Crippen LogP contribution in [0.5, 0.6) is 5.75 Å². The molecule has 3 atom stereocenters. The number of nitrogens with zero attached hydrogens (tertiary/aromatic N) is 1. The van der Waals surface area contributed by atoms with Crippen LogP contribution in [-0.4, -0.2) is 31.5 Å². The highest BCUT2D eigenvalue weighted by molar-refractivity contribution is 7.98. The van der Waals surface area contributed by atoms with Gasteiger partial charge in [0, 0.05) is 41.4 Å². The lowest BCUT2D eigenvalue weighted by Crippen LogP contribution is -2.46. The highest BCUT2D eigenvalue weighted by Crippen LogP contribution is 2.42. The number of halogens is 1. The molecule has 7 rings (SSSR count). The third-order valence-corrected chi connectivity index (χ3v) is 9.62. The lowest BCUT2D eigenvalue weighted by atomic mass is 9.72. The van der Waals surface area contributed by atoms with Crippen LogP contribution in [0.4, 0.5) is 5.69 Å². The van der Waals surface area contributed by atoms with E-state index in [4.69, 9.17) is 16.3 Å². The summed E-state index contributed by atoms with van der Waals surface area (Å²) in [6.45, 7) is 4.80. The van der Waals surface area contributed by atoms with Crippen LogP contribution in [0.3, 0.4) is 0 Å². The van der Waals surface area contributed by atoms with Crippen molar-refractivity contribution in [2.75, 3.05) is 24.6 Å². The number of carbonyl (C=O) groups excluding carboxylic acids is 2. The monoisotopic (exact) mass is 589 g/mol. The number of benzene rings is 3. The molecule has 3 heterocycles. The van der Waals surface area contributed by atoms with Gasteiger partial charge in [-0.1, -0.05) is 55.3 Å². The maximum atomic E-state index is 13.3. The average Bonchev–Trinajstić information content (AvgIpc) is 3.13. The Hall–Kier alpha value is -3.16. The summed E-state index contributed by atoms with van der Waals surface area (Å²) >= 11 is 7.73. The number of hydrogen-bond donors (Lipinski definition) is 2. The molecule has 4 aliphatic rings. The summed E-state index contributed by atoms with van der Waals surface area (Å²) < 4.78 is 9.47. The number of hydrogen-bond acceptors (Lipinski definition) is 5. The first-order valence-electron chi connectivity index (χ1n) is 14.6. The summed E-state index contributed by atoms with van der Waals surface area (Å²) in [7, 11) is 0. The van der Waals surface area contributed by atoms with Crippen LogP contribution in [0, 0.1) is 11.8 Å². The van der Waals surface area contributed by atoms with Gasteiger partial charge in [0.15, 0.2) is 0 Å². The molecule has 4 bridgehead atoms. The van der Waals surface area contributed by atoms with Crippen LogP contribution in [0.2, 0.25) is 5.02 Å². The maximum absolute atomic E-state index is 13.3. The van der Waals surface area contributed by atoms with Gasteiger partial charge in [-0.15, -0.1) is 0 Å². The number of carbonyl (C=O) groups is 2. The highest BCUT2D eigenvalue weighted by Gasteiger charge is 2.39. The predicted molar refractivity (Wildman–Crippen MR) is 165 cm³/mol. The van der Waals surface area contributed by atoms with E-state index in [2.05, 4.69) is 40.1 Å². The van der Waals surface area contributed by atoms with Gasteiger partial charge in [-0.3, -0.25) is 14.3 Å². The van der Waals surface area contributed by atoms with Crippen LogP contribution in [-0.2, 0) is 29.0 Å². The molecule has 1 saturated carbocycles. The van der Waals surface area contributed by atoms with E-state index in [0.717, 1.165) is 71.3 Å².